The van der Waals surface area contributed by atoms with Crippen molar-refractivity contribution >= 4 is 33.7 Å². The van der Waals surface area contributed by atoms with Crippen LogP contribution in [-0.2, 0) is 0 Å². The van der Waals surface area contributed by atoms with Crippen molar-refractivity contribution < 1.29 is 0 Å². The molecule has 90 valence electrons. The molecule has 3 rings (SSSR count). The van der Waals surface area contributed by atoms with Crippen molar-refractivity contribution in [1.29, 1.82) is 0 Å². The van der Waals surface area contributed by atoms with E-state index in [0.29, 0.717) is 0 Å². The standard InChI is InChI=1S/C13H11N3S2/c1-9-3-2-4-11(5-9)15-13-16-12(8-17-13)10-6-14-18-7-10/h2-8H,1H3,(H,15,16). The van der Waals surface area contributed by atoms with Gasteiger partial charge in [0.25, 0.3) is 0 Å². The first-order chi connectivity index (χ1) is 8.81. The molecule has 1 aromatic carbocycles. The average molecular weight is 273 g/mol. The Kier molecular flexibility index (Phi) is 3.08. The summed E-state index contributed by atoms with van der Waals surface area (Å²) in [6, 6.07) is 8.26. The van der Waals surface area contributed by atoms with Crippen molar-refractivity contribution in [3.8, 4) is 11.3 Å². The molecule has 0 saturated heterocycles. The molecule has 0 aliphatic heterocycles. The lowest BCUT2D eigenvalue weighted by atomic mass is 10.2. The molecule has 0 atom stereocenters. The summed E-state index contributed by atoms with van der Waals surface area (Å²) in [5.41, 5.74) is 4.36. The van der Waals surface area contributed by atoms with Gasteiger partial charge in [0, 0.05) is 22.0 Å². The Bertz CT molecular complexity index is 644. The molecule has 0 radical (unpaired) electrons. The zero-order valence-corrected chi connectivity index (χ0v) is 11.4. The lowest BCUT2D eigenvalue weighted by Crippen LogP contribution is -1.89. The SMILES string of the molecule is Cc1cccc(Nc2nc(-c3cnsc3)cs2)c1. The van der Waals surface area contributed by atoms with E-state index in [1.807, 2.05) is 29.1 Å². The molecule has 2 heterocycles. The second-order valence-corrected chi connectivity index (χ2v) is 5.46. The third-order valence-corrected chi connectivity index (χ3v) is 3.85. The fourth-order valence-electron chi connectivity index (χ4n) is 1.64. The summed E-state index contributed by atoms with van der Waals surface area (Å²) < 4.78 is 4.09. The van der Waals surface area contributed by atoms with Crippen LogP contribution in [0.2, 0.25) is 0 Å². The van der Waals surface area contributed by atoms with Crippen LogP contribution >= 0.6 is 22.9 Å². The van der Waals surface area contributed by atoms with Crippen LogP contribution in [0, 0.1) is 6.92 Å². The molecule has 3 aromatic rings. The van der Waals surface area contributed by atoms with Crippen molar-refractivity contribution in [2.24, 2.45) is 0 Å². The van der Waals surface area contributed by atoms with E-state index in [1.54, 1.807) is 11.3 Å². The van der Waals surface area contributed by atoms with Gasteiger partial charge in [-0.1, -0.05) is 12.1 Å². The normalized spacial score (nSPS) is 10.5. The highest BCUT2D eigenvalue weighted by atomic mass is 32.1. The number of nitrogens with zero attached hydrogens (tertiary/aromatic N) is 2. The van der Waals surface area contributed by atoms with Crippen molar-refractivity contribution in [2.45, 2.75) is 6.92 Å². The number of benzene rings is 1. The summed E-state index contributed by atoms with van der Waals surface area (Å²) >= 11 is 3.05. The Morgan fingerprint density at radius 1 is 1.22 bits per heavy atom. The van der Waals surface area contributed by atoms with Crippen molar-refractivity contribution in [1.82, 2.24) is 9.36 Å². The molecule has 0 bridgehead atoms. The maximum atomic E-state index is 4.55. The average Bonchev–Trinajstić information content (AvgIpc) is 2.98. The molecule has 0 fully saturated rings. The van der Waals surface area contributed by atoms with E-state index in [0.717, 1.165) is 22.1 Å². The van der Waals surface area contributed by atoms with Gasteiger partial charge in [-0.15, -0.1) is 11.3 Å². The van der Waals surface area contributed by atoms with Gasteiger partial charge in [0.05, 0.1) is 11.9 Å². The van der Waals surface area contributed by atoms with E-state index in [4.69, 9.17) is 0 Å². The van der Waals surface area contributed by atoms with Gasteiger partial charge in [-0.3, -0.25) is 0 Å². The summed E-state index contributed by atoms with van der Waals surface area (Å²) in [6.07, 6.45) is 1.84. The quantitative estimate of drug-likeness (QED) is 0.772. The van der Waals surface area contributed by atoms with Crippen LogP contribution in [0.25, 0.3) is 11.3 Å². The topological polar surface area (TPSA) is 37.8 Å². The Balaban J connectivity index is 1.82. The van der Waals surface area contributed by atoms with Crippen LogP contribution in [0.5, 0.6) is 0 Å². The highest BCUT2D eigenvalue weighted by molar-refractivity contribution is 7.14. The Morgan fingerprint density at radius 3 is 2.94 bits per heavy atom. The van der Waals surface area contributed by atoms with Crippen LogP contribution in [0.4, 0.5) is 10.8 Å². The third-order valence-electron chi connectivity index (χ3n) is 2.50. The van der Waals surface area contributed by atoms with E-state index >= 15 is 0 Å². The Morgan fingerprint density at radius 2 is 2.17 bits per heavy atom. The largest absolute Gasteiger partial charge is 0.332 e. The molecule has 5 heteroatoms. The molecule has 0 unspecified atom stereocenters. The second-order valence-electron chi connectivity index (χ2n) is 3.95. The van der Waals surface area contributed by atoms with Crippen LogP contribution in [0.3, 0.4) is 0 Å². The number of hydrogen-bond acceptors (Lipinski definition) is 5. The van der Waals surface area contributed by atoms with Gasteiger partial charge in [-0.05, 0) is 36.2 Å². The molecule has 0 aliphatic carbocycles. The highest BCUT2D eigenvalue weighted by Gasteiger charge is 2.05. The summed E-state index contributed by atoms with van der Waals surface area (Å²) in [5.74, 6) is 0. The highest BCUT2D eigenvalue weighted by Crippen LogP contribution is 2.27. The van der Waals surface area contributed by atoms with Gasteiger partial charge in [-0.2, -0.15) is 0 Å². The second kappa shape index (κ2) is 4.88. The first-order valence-electron chi connectivity index (χ1n) is 5.50. The fourth-order valence-corrected chi connectivity index (χ4v) is 2.91. The molecule has 0 spiro atoms. The molecule has 18 heavy (non-hydrogen) atoms. The summed E-state index contributed by atoms with van der Waals surface area (Å²) in [7, 11) is 0. The van der Waals surface area contributed by atoms with Crippen LogP contribution < -0.4 is 5.32 Å². The number of thiazole rings is 1. The summed E-state index contributed by atoms with van der Waals surface area (Å²) in [5, 5.41) is 8.27. The van der Waals surface area contributed by atoms with E-state index in [2.05, 4.69) is 33.7 Å². The van der Waals surface area contributed by atoms with Gasteiger partial charge in [0.2, 0.25) is 0 Å². The summed E-state index contributed by atoms with van der Waals surface area (Å²) in [6.45, 7) is 2.08. The van der Waals surface area contributed by atoms with Crippen molar-refractivity contribution in [2.75, 3.05) is 5.32 Å². The third kappa shape index (κ3) is 2.42. The van der Waals surface area contributed by atoms with Gasteiger partial charge in [0.1, 0.15) is 0 Å². The fraction of sp³-hybridized carbons (Fsp3) is 0.0769. The van der Waals surface area contributed by atoms with Gasteiger partial charge in [-0.25, -0.2) is 9.36 Å². The number of hydrogen-bond donors (Lipinski definition) is 1. The lowest BCUT2D eigenvalue weighted by molar-refractivity contribution is 1.37. The number of nitrogens with one attached hydrogen (secondary N) is 1. The van der Waals surface area contributed by atoms with Gasteiger partial charge < -0.3 is 5.32 Å². The molecular formula is C13H11N3S2. The van der Waals surface area contributed by atoms with Gasteiger partial charge in [0.15, 0.2) is 5.13 Å². The van der Waals surface area contributed by atoms with E-state index in [9.17, 15) is 0 Å². The maximum absolute atomic E-state index is 4.55. The van der Waals surface area contributed by atoms with Crippen LogP contribution in [0.1, 0.15) is 5.56 Å². The molecule has 1 N–H and O–H groups in total. The molecule has 3 nitrogen and oxygen atoms in total. The van der Waals surface area contributed by atoms with E-state index < -0.39 is 0 Å². The molecular weight excluding hydrogens is 262 g/mol. The minimum Gasteiger partial charge on any atom is -0.332 e. The lowest BCUT2D eigenvalue weighted by Gasteiger charge is -2.02. The molecule has 0 amide bonds. The smallest absolute Gasteiger partial charge is 0.187 e. The molecule has 0 aliphatic rings. The van der Waals surface area contributed by atoms with Gasteiger partial charge >= 0.3 is 0 Å². The number of aryl methyl sites for hydroxylation is 1. The molecule has 2 aromatic heterocycles. The summed E-state index contributed by atoms with van der Waals surface area (Å²) in [4.78, 5) is 4.55. The Labute approximate surface area is 113 Å². The number of rotatable bonds is 3. The maximum Gasteiger partial charge on any atom is 0.187 e. The minimum atomic E-state index is 0.904. The number of anilines is 2. The zero-order chi connectivity index (χ0) is 12.4. The van der Waals surface area contributed by atoms with E-state index in [-0.39, 0.29) is 0 Å². The minimum absolute atomic E-state index is 0.904. The predicted molar refractivity (Wildman–Crippen MR) is 77.7 cm³/mol. The first-order valence-corrected chi connectivity index (χ1v) is 7.22. The van der Waals surface area contributed by atoms with Crippen LogP contribution in [0.15, 0.2) is 41.2 Å². The van der Waals surface area contributed by atoms with Crippen molar-refractivity contribution in [3.63, 3.8) is 0 Å². The zero-order valence-electron chi connectivity index (χ0n) is 9.75. The van der Waals surface area contributed by atoms with Crippen molar-refractivity contribution in [3.05, 3.63) is 46.8 Å². The number of aromatic nitrogens is 2. The van der Waals surface area contributed by atoms with Crippen LogP contribution in [-0.4, -0.2) is 9.36 Å². The predicted octanol–water partition coefficient (Wildman–Crippen LogP) is 4.32. The molecule has 0 saturated carbocycles. The van der Waals surface area contributed by atoms with E-state index in [1.165, 1.54) is 17.1 Å². The monoisotopic (exact) mass is 273 g/mol. The Hall–Kier alpha value is -1.72. The first kappa shape index (κ1) is 11.4.